The molecule has 2 rings (SSSR count). The molecule has 1 aromatic carbocycles. The zero-order valence-corrected chi connectivity index (χ0v) is 13.8. The molecule has 0 aliphatic carbocycles. The number of likely N-dealkylation sites (tertiary alicyclic amines) is 1. The maximum absolute atomic E-state index is 5.46. The molecule has 0 bridgehead atoms. The van der Waals surface area contributed by atoms with Crippen molar-refractivity contribution in [2.75, 3.05) is 26.7 Å². The summed E-state index contributed by atoms with van der Waals surface area (Å²) in [6.07, 6.45) is 3.56. The van der Waals surface area contributed by atoms with E-state index in [-0.39, 0.29) is 5.60 Å². The highest BCUT2D eigenvalue weighted by Crippen LogP contribution is 2.15. The van der Waals surface area contributed by atoms with Crippen LogP contribution in [-0.4, -0.2) is 43.3 Å². The minimum absolute atomic E-state index is 0.0129. The van der Waals surface area contributed by atoms with Crippen molar-refractivity contribution in [3.8, 4) is 0 Å². The third-order valence-electron chi connectivity index (χ3n) is 4.55. The van der Waals surface area contributed by atoms with Crippen molar-refractivity contribution < 1.29 is 4.74 Å². The third kappa shape index (κ3) is 5.77. The summed E-state index contributed by atoms with van der Waals surface area (Å²) in [4.78, 5) is 2.56. The normalized spacial score (nSPS) is 18.0. The zero-order valence-electron chi connectivity index (χ0n) is 13.8. The molecule has 118 valence electrons. The van der Waals surface area contributed by atoms with E-state index in [9.17, 15) is 0 Å². The number of rotatable bonds is 7. The lowest BCUT2D eigenvalue weighted by molar-refractivity contribution is 0.0148. The molecule has 21 heavy (non-hydrogen) atoms. The number of hydrogen-bond acceptors (Lipinski definition) is 3. The Morgan fingerprint density at radius 3 is 2.48 bits per heavy atom. The van der Waals surface area contributed by atoms with Gasteiger partial charge in [-0.1, -0.05) is 30.3 Å². The SMILES string of the molecule is COC(C)(C)CCNC1CCN(Cc2ccccc2)CC1. The summed E-state index contributed by atoms with van der Waals surface area (Å²) in [6, 6.07) is 11.4. The van der Waals surface area contributed by atoms with E-state index in [0.717, 1.165) is 19.5 Å². The van der Waals surface area contributed by atoms with Crippen LogP contribution in [0.2, 0.25) is 0 Å². The van der Waals surface area contributed by atoms with Gasteiger partial charge in [0.1, 0.15) is 0 Å². The lowest BCUT2D eigenvalue weighted by atomic mass is 10.0. The molecule has 0 amide bonds. The topological polar surface area (TPSA) is 24.5 Å². The van der Waals surface area contributed by atoms with Gasteiger partial charge in [0, 0.05) is 19.7 Å². The lowest BCUT2D eigenvalue weighted by Gasteiger charge is -2.33. The highest BCUT2D eigenvalue weighted by atomic mass is 16.5. The van der Waals surface area contributed by atoms with E-state index < -0.39 is 0 Å². The van der Waals surface area contributed by atoms with Crippen molar-refractivity contribution in [1.29, 1.82) is 0 Å². The summed E-state index contributed by atoms with van der Waals surface area (Å²) in [5.74, 6) is 0. The van der Waals surface area contributed by atoms with Crippen LogP contribution in [0.5, 0.6) is 0 Å². The Kier molecular flexibility index (Phi) is 6.22. The van der Waals surface area contributed by atoms with Crippen LogP contribution >= 0.6 is 0 Å². The van der Waals surface area contributed by atoms with E-state index in [4.69, 9.17) is 4.74 Å². The fourth-order valence-corrected chi connectivity index (χ4v) is 2.82. The number of hydrogen-bond donors (Lipinski definition) is 1. The van der Waals surface area contributed by atoms with Gasteiger partial charge in [-0.25, -0.2) is 0 Å². The minimum Gasteiger partial charge on any atom is -0.379 e. The van der Waals surface area contributed by atoms with Gasteiger partial charge in [-0.3, -0.25) is 4.90 Å². The van der Waals surface area contributed by atoms with Crippen LogP contribution in [0, 0.1) is 0 Å². The standard InChI is InChI=1S/C18H30N2O/c1-18(2,21-3)11-12-19-17-9-13-20(14-10-17)15-16-7-5-4-6-8-16/h4-8,17,19H,9-15H2,1-3H3. The zero-order chi connectivity index (χ0) is 15.1. The molecule has 1 N–H and O–H groups in total. The summed E-state index contributed by atoms with van der Waals surface area (Å²) in [5, 5.41) is 3.69. The largest absolute Gasteiger partial charge is 0.379 e. The number of nitrogens with one attached hydrogen (secondary N) is 1. The van der Waals surface area contributed by atoms with Crippen LogP contribution in [0.4, 0.5) is 0 Å². The molecule has 0 aromatic heterocycles. The summed E-state index contributed by atoms with van der Waals surface area (Å²) in [6.45, 7) is 8.82. The predicted octanol–water partition coefficient (Wildman–Crippen LogP) is 3.06. The fourth-order valence-electron chi connectivity index (χ4n) is 2.82. The molecule has 0 atom stereocenters. The highest BCUT2D eigenvalue weighted by molar-refractivity contribution is 5.14. The van der Waals surface area contributed by atoms with Crippen LogP contribution in [0.1, 0.15) is 38.7 Å². The van der Waals surface area contributed by atoms with Gasteiger partial charge in [-0.2, -0.15) is 0 Å². The number of benzene rings is 1. The number of piperidine rings is 1. The van der Waals surface area contributed by atoms with Crippen LogP contribution in [-0.2, 0) is 11.3 Å². The van der Waals surface area contributed by atoms with Crippen molar-refractivity contribution in [3.05, 3.63) is 35.9 Å². The van der Waals surface area contributed by atoms with E-state index in [2.05, 4.69) is 54.4 Å². The average molecular weight is 290 g/mol. The first-order valence-corrected chi connectivity index (χ1v) is 8.14. The van der Waals surface area contributed by atoms with Crippen LogP contribution < -0.4 is 5.32 Å². The van der Waals surface area contributed by atoms with Gasteiger partial charge in [0.25, 0.3) is 0 Å². The van der Waals surface area contributed by atoms with E-state index >= 15 is 0 Å². The van der Waals surface area contributed by atoms with E-state index in [0.29, 0.717) is 6.04 Å². The van der Waals surface area contributed by atoms with Crippen molar-refractivity contribution in [2.45, 2.75) is 51.3 Å². The summed E-state index contributed by atoms with van der Waals surface area (Å²) in [5.41, 5.74) is 1.41. The summed E-state index contributed by atoms with van der Waals surface area (Å²) < 4.78 is 5.46. The van der Waals surface area contributed by atoms with Crippen molar-refractivity contribution in [2.24, 2.45) is 0 Å². The Bertz CT molecular complexity index is 397. The fraction of sp³-hybridized carbons (Fsp3) is 0.667. The number of nitrogens with zero attached hydrogens (tertiary/aromatic N) is 1. The molecule has 0 unspecified atom stereocenters. The van der Waals surface area contributed by atoms with Gasteiger partial charge in [0.15, 0.2) is 0 Å². The molecule has 1 fully saturated rings. The van der Waals surface area contributed by atoms with Crippen molar-refractivity contribution in [3.63, 3.8) is 0 Å². The van der Waals surface area contributed by atoms with Gasteiger partial charge in [0.2, 0.25) is 0 Å². The molecule has 0 saturated carbocycles. The molecule has 1 aliphatic rings. The smallest absolute Gasteiger partial charge is 0.0634 e. The monoisotopic (exact) mass is 290 g/mol. The molecule has 1 aromatic rings. The predicted molar refractivity (Wildman–Crippen MR) is 88.4 cm³/mol. The second-order valence-corrected chi connectivity index (χ2v) is 6.70. The molecular weight excluding hydrogens is 260 g/mol. The molecule has 3 nitrogen and oxygen atoms in total. The number of ether oxygens (including phenoxy) is 1. The van der Waals surface area contributed by atoms with Gasteiger partial charge in [0.05, 0.1) is 5.60 Å². The first-order valence-electron chi connectivity index (χ1n) is 8.14. The van der Waals surface area contributed by atoms with E-state index in [1.165, 1.54) is 31.5 Å². The summed E-state index contributed by atoms with van der Waals surface area (Å²) in [7, 11) is 1.79. The highest BCUT2D eigenvalue weighted by Gasteiger charge is 2.20. The Morgan fingerprint density at radius 2 is 1.86 bits per heavy atom. The first kappa shape index (κ1) is 16.5. The Balaban J connectivity index is 1.64. The van der Waals surface area contributed by atoms with Crippen molar-refractivity contribution >= 4 is 0 Å². The average Bonchev–Trinajstić information content (AvgIpc) is 2.50. The second kappa shape index (κ2) is 7.92. The van der Waals surface area contributed by atoms with Gasteiger partial charge < -0.3 is 10.1 Å². The molecule has 0 radical (unpaired) electrons. The minimum atomic E-state index is -0.0129. The molecule has 0 spiro atoms. The van der Waals surface area contributed by atoms with Gasteiger partial charge in [-0.15, -0.1) is 0 Å². The molecule has 1 aliphatic heterocycles. The van der Waals surface area contributed by atoms with Crippen LogP contribution in [0.3, 0.4) is 0 Å². The molecule has 1 heterocycles. The maximum atomic E-state index is 5.46. The van der Waals surface area contributed by atoms with Gasteiger partial charge in [-0.05, 0) is 58.3 Å². The van der Waals surface area contributed by atoms with Gasteiger partial charge >= 0.3 is 0 Å². The van der Waals surface area contributed by atoms with Crippen LogP contribution in [0.25, 0.3) is 0 Å². The van der Waals surface area contributed by atoms with E-state index in [1.54, 1.807) is 7.11 Å². The molecular formula is C18H30N2O. The van der Waals surface area contributed by atoms with Crippen molar-refractivity contribution in [1.82, 2.24) is 10.2 Å². The Hall–Kier alpha value is -0.900. The Morgan fingerprint density at radius 1 is 1.19 bits per heavy atom. The van der Waals surface area contributed by atoms with E-state index in [1.807, 2.05) is 0 Å². The Labute approximate surface area is 129 Å². The molecule has 3 heteroatoms. The lowest BCUT2D eigenvalue weighted by Crippen LogP contribution is -2.43. The maximum Gasteiger partial charge on any atom is 0.0634 e. The third-order valence-corrected chi connectivity index (χ3v) is 4.55. The number of methoxy groups -OCH3 is 1. The quantitative estimate of drug-likeness (QED) is 0.835. The summed E-state index contributed by atoms with van der Waals surface area (Å²) >= 11 is 0. The molecule has 1 saturated heterocycles. The first-order chi connectivity index (χ1) is 10.1. The second-order valence-electron chi connectivity index (χ2n) is 6.70. The van der Waals surface area contributed by atoms with Crippen LogP contribution in [0.15, 0.2) is 30.3 Å².